The van der Waals surface area contributed by atoms with E-state index in [-0.39, 0.29) is 25.4 Å². The van der Waals surface area contributed by atoms with Crippen LogP contribution in [0.1, 0.15) is 12.0 Å². The molecule has 0 radical (unpaired) electrons. The first-order valence-corrected chi connectivity index (χ1v) is 10.1. The van der Waals surface area contributed by atoms with E-state index in [4.69, 9.17) is 0 Å². The first-order valence-electron chi connectivity index (χ1n) is 8.65. The predicted octanol–water partition coefficient (Wildman–Crippen LogP) is 2.14. The number of amides is 1. The zero-order valence-electron chi connectivity index (χ0n) is 15.2. The summed E-state index contributed by atoms with van der Waals surface area (Å²) < 4.78 is 54.1. The third kappa shape index (κ3) is 5.46. The Morgan fingerprint density at radius 2 is 1.83 bits per heavy atom. The van der Waals surface area contributed by atoms with Crippen molar-refractivity contribution >= 4 is 15.9 Å². The Labute approximate surface area is 166 Å². The maximum atomic E-state index is 13.2. The SMILES string of the molecule is O=C(CCNS(=O)(=O)c1ccc(F)c(F)c1)NCc1ccc(-n2cccn2)cc1. The van der Waals surface area contributed by atoms with E-state index < -0.39 is 26.6 Å². The van der Waals surface area contributed by atoms with Gasteiger partial charge in [-0.1, -0.05) is 12.1 Å². The molecule has 29 heavy (non-hydrogen) atoms. The van der Waals surface area contributed by atoms with Gasteiger partial charge in [0.2, 0.25) is 15.9 Å². The first kappa shape index (κ1) is 20.6. The molecule has 0 saturated carbocycles. The van der Waals surface area contributed by atoms with Gasteiger partial charge in [-0.25, -0.2) is 26.6 Å². The Kier molecular flexibility index (Phi) is 6.35. The Morgan fingerprint density at radius 3 is 2.48 bits per heavy atom. The largest absolute Gasteiger partial charge is 0.352 e. The molecular weight excluding hydrogens is 402 g/mol. The number of rotatable bonds is 8. The second kappa shape index (κ2) is 8.93. The van der Waals surface area contributed by atoms with Crippen LogP contribution in [0.25, 0.3) is 5.69 Å². The highest BCUT2D eigenvalue weighted by Gasteiger charge is 2.16. The molecule has 152 valence electrons. The van der Waals surface area contributed by atoms with Crippen LogP contribution in [-0.4, -0.2) is 30.7 Å². The fourth-order valence-electron chi connectivity index (χ4n) is 2.50. The molecule has 0 spiro atoms. The fraction of sp³-hybridized carbons (Fsp3) is 0.158. The zero-order valence-corrected chi connectivity index (χ0v) is 16.0. The van der Waals surface area contributed by atoms with Crippen LogP contribution in [0.2, 0.25) is 0 Å². The van der Waals surface area contributed by atoms with Crippen LogP contribution in [0, 0.1) is 11.6 Å². The van der Waals surface area contributed by atoms with Gasteiger partial charge in [0.25, 0.3) is 0 Å². The summed E-state index contributed by atoms with van der Waals surface area (Å²) in [6.45, 7) is 0.111. The topological polar surface area (TPSA) is 93.1 Å². The molecule has 0 aliphatic rings. The van der Waals surface area contributed by atoms with E-state index >= 15 is 0 Å². The summed E-state index contributed by atoms with van der Waals surface area (Å²) in [7, 11) is -4.03. The van der Waals surface area contributed by atoms with Gasteiger partial charge in [-0.05, 0) is 42.0 Å². The number of nitrogens with one attached hydrogen (secondary N) is 2. The second-order valence-electron chi connectivity index (χ2n) is 6.12. The van der Waals surface area contributed by atoms with Crippen molar-refractivity contribution in [3.8, 4) is 5.69 Å². The zero-order chi connectivity index (χ0) is 20.9. The molecule has 2 aromatic carbocycles. The summed E-state index contributed by atoms with van der Waals surface area (Å²) in [6.07, 6.45) is 3.39. The lowest BCUT2D eigenvalue weighted by Crippen LogP contribution is -2.30. The second-order valence-corrected chi connectivity index (χ2v) is 7.88. The van der Waals surface area contributed by atoms with E-state index in [1.54, 1.807) is 10.9 Å². The van der Waals surface area contributed by atoms with Crippen LogP contribution in [0.5, 0.6) is 0 Å². The summed E-state index contributed by atoms with van der Waals surface area (Å²) >= 11 is 0. The standard InChI is InChI=1S/C19H18F2N4O3S/c20-17-7-6-16(12-18(17)21)29(27,28)24-10-8-19(26)22-13-14-2-4-15(5-3-14)25-11-1-9-23-25/h1-7,9,11-12,24H,8,10,13H2,(H,22,26). The van der Waals surface area contributed by atoms with Gasteiger partial charge in [0, 0.05) is 31.9 Å². The van der Waals surface area contributed by atoms with Crippen LogP contribution in [0.15, 0.2) is 65.8 Å². The van der Waals surface area contributed by atoms with Crippen LogP contribution in [0.3, 0.4) is 0 Å². The van der Waals surface area contributed by atoms with Gasteiger partial charge in [-0.3, -0.25) is 4.79 Å². The molecule has 0 fully saturated rings. The number of carbonyl (C=O) groups excluding carboxylic acids is 1. The predicted molar refractivity (Wildman–Crippen MR) is 102 cm³/mol. The van der Waals surface area contributed by atoms with E-state index in [2.05, 4.69) is 15.1 Å². The molecular formula is C19H18F2N4O3S. The third-order valence-electron chi connectivity index (χ3n) is 4.04. The molecule has 0 aliphatic heterocycles. The molecule has 0 saturated heterocycles. The fourth-order valence-corrected chi connectivity index (χ4v) is 3.55. The minimum atomic E-state index is -4.03. The van der Waals surface area contributed by atoms with Crippen molar-refractivity contribution in [1.29, 1.82) is 0 Å². The summed E-state index contributed by atoms with van der Waals surface area (Å²) in [5.74, 6) is -2.75. The number of hydrogen-bond acceptors (Lipinski definition) is 4. The van der Waals surface area contributed by atoms with Crippen LogP contribution in [-0.2, 0) is 21.4 Å². The number of benzene rings is 2. The Balaban J connectivity index is 1.45. The molecule has 10 heteroatoms. The maximum absolute atomic E-state index is 13.2. The maximum Gasteiger partial charge on any atom is 0.240 e. The monoisotopic (exact) mass is 420 g/mol. The molecule has 0 atom stereocenters. The van der Waals surface area contributed by atoms with Crippen molar-refractivity contribution in [2.45, 2.75) is 17.9 Å². The summed E-state index contributed by atoms with van der Waals surface area (Å²) in [5, 5.41) is 6.82. The number of aromatic nitrogens is 2. The average Bonchev–Trinajstić information content (AvgIpc) is 3.23. The van der Waals surface area contributed by atoms with Gasteiger partial charge in [0.15, 0.2) is 11.6 Å². The molecule has 3 aromatic rings. The lowest BCUT2D eigenvalue weighted by Gasteiger charge is -2.09. The number of carbonyl (C=O) groups is 1. The van der Waals surface area contributed by atoms with Gasteiger partial charge in [0.05, 0.1) is 10.6 Å². The van der Waals surface area contributed by atoms with Gasteiger partial charge in [-0.2, -0.15) is 5.10 Å². The Morgan fingerprint density at radius 1 is 1.07 bits per heavy atom. The average molecular weight is 420 g/mol. The highest BCUT2D eigenvalue weighted by atomic mass is 32.2. The lowest BCUT2D eigenvalue weighted by molar-refractivity contribution is -0.121. The Bertz CT molecular complexity index is 1090. The van der Waals surface area contributed by atoms with Gasteiger partial charge in [-0.15, -0.1) is 0 Å². The van der Waals surface area contributed by atoms with Gasteiger partial charge >= 0.3 is 0 Å². The van der Waals surface area contributed by atoms with Gasteiger partial charge in [0.1, 0.15) is 0 Å². The highest BCUT2D eigenvalue weighted by molar-refractivity contribution is 7.89. The number of nitrogens with zero attached hydrogens (tertiary/aromatic N) is 2. The van der Waals surface area contributed by atoms with Crippen molar-refractivity contribution < 1.29 is 22.0 Å². The molecule has 2 N–H and O–H groups in total. The van der Waals surface area contributed by atoms with Crippen LogP contribution in [0.4, 0.5) is 8.78 Å². The normalized spacial score (nSPS) is 11.4. The van der Waals surface area contributed by atoms with Crippen molar-refractivity contribution in [2.75, 3.05) is 6.54 Å². The molecule has 0 bridgehead atoms. The molecule has 1 amide bonds. The van der Waals surface area contributed by atoms with E-state index in [0.717, 1.165) is 23.4 Å². The highest BCUT2D eigenvalue weighted by Crippen LogP contribution is 2.13. The van der Waals surface area contributed by atoms with E-state index in [9.17, 15) is 22.0 Å². The van der Waals surface area contributed by atoms with Gasteiger partial charge < -0.3 is 5.32 Å². The van der Waals surface area contributed by atoms with Crippen molar-refractivity contribution in [1.82, 2.24) is 19.8 Å². The minimum absolute atomic E-state index is 0.103. The minimum Gasteiger partial charge on any atom is -0.352 e. The number of halogens is 2. The van der Waals surface area contributed by atoms with E-state index in [0.29, 0.717) is 6.07 Å². The molecule has 3 rings (SSSR count). The number of sulfonamides is 1. The molecule has 7 nitrogen and oxygen atoms in total. The molecule has 1 heterocycles. The smallest absolute Gasteiger partial charge is 0.240 e. The van der Waals surface area contributed by atoms with Crippen molar-refractivity contribution in [2.24, 2.45) is 0 Å². The quantitative estimate of drug-likeness (QED) is 0.584. The molecule has 1 aromatic heterocycles. The first-order chi connectivity index (χ1) is 13.8. The van der Waals surface area contributed by atoms with Crippen molar-refractivity contribution in [3.63, 3.8) is 0 Å². The van der Waals surface area contributed by atoms with E-state index in [1.165, 1.54) is 0 Å². The summed E-state index contributed by atoms with van der Waals surface area (Å²) in [6, 6.07) is 11.5. The lowest BCUT2D eigenvalue weighted by atomic mass is 10.2. The van der Waals surface area contributed by atoms with Crippen molar-refractivity contribution in [3.05, 3.63) is 78.1 Å². The van der Waals surface area contributed by atoms with Crippen LogP contribution < -0.4 is 10.0 Å². The molecule has 0 aliphatic carbocycles. The number of hydrogen-bond donors (Lipinski definition) is 2. The Hall–Kier alpha value is -3.11. The molecule has 0 unspecified atom stereocenters. The van der Waals surface area contributed by atoms with Crippen LogP contribution >= 0.6 is 0 Å². The van der Waals surface area contributed by atoms with E-state index in [1.807, 2.05) is 36.5 Å². The third-order valence-corrected chi connectivity index (χ3v) is 5.50. The summed E-state index contributed by atoms with van der Waals surface area (Å²) in [4.78, 5) is 11.5. The summed E-state index contributed by atoms with van der Waals surface area (Å²) in [5.41, 5.74) is 1.76.